The largest absolute Gasteiger partial charge is 0.340 e. The number of aromatic nitrogens is 4. The normalized spacial score (nSPS) is 12.9. The molecule has 1 unspecified atom stereocenters. The summed E-state index contributed by atoms with van der Waals surface area (Å²) in [7, 11) is 1.99. The van der Waals surface area contributed by atoms with Gasteiger partial charge in [-0.15, -0.1) is 0 Å². The van der Waals surface area contributed by atoms with Gasteiger partial charge in [-0.05, 0) is 26.5 Å². The molecule has 0 aliphatic heterocycles. The van der Waals surface area contributed by atoms with E-state index in [9.17, 15) is 0 Å². The van der Waals surface area contributed by atoms with E-state index in [-0.39, 0.29) is 6.04 Å². The molecule has 18 heavy (non-hydrogen) atoms. The van der Waals surface area contributed by atoms with Gasteiger partial charge in [0.05, 0.1) is 29.5 Å². The van der Waals surface area contributed by atoms with Crippen molar-refractivity contribution in [3.8, 4) is 0 Å². The quantitative estimate of drug-likeness (QED) is 0.874. The van der Waals surface area contributed by atoms with Crippen molar-refractivity contribution in [3.63, 3.8) is 0 Å². The zero-order valence-corrected chi connectivity index (χ0v) is 11.5. The van der Waals surface area contributed by atoms with Crippen LogP contribution in [0.25, 0.3) is 0 Å². The Labute approximate surface area is 108 Å². The molecule has 0 saturated heterocycles. The van der Waals surface area contributed by atoms with Gasteiger partial charge in [-0.25, -0.2) is 4.98 Å². The van der Waals surface area contributed by atoms with Crippen LogP contribution < -0.4 is 5.32 Å². The number of nitrogens with zero attached hydrogens (tertiary/aromatic N) is 4. The standard InChI is InChI=1S/C13H21N5/c1-5-14-13(11-8-17(4)9-15-11)12-7-10(3)16-18(12)6-2/h7-9,13-14H,5-6H2,1-4H3. The maximum atomic E-state index is 4.51. The number of imidazole rings is 1. The summed E-state index contributed by atoms with van der Waals surface area (Å²) in [6, 6.07) is 2.24. The molecule has 1 atom stereocenters. The average Bonchev–Trinajstić information content (AvgIpc) is 2.92. The molecular formula is C13H21N5. The first-order chi connectivity index (χ1) is 8.65. The van der Waals surface area contributed by atoms with E-state index in [1.807, 2.05) is 29.5 Å². The zero-order valence-electron chi connectivity index (χ0n) is 11.5. The van der Waals surface area contributed by atoms with Gasteiger partial charge in [0, 0.05) is 19.8 Å². The topological polar surface area (TPSA) is 47.7 Å². The van der Waals surface area contributed by atoms with Crippen LogP contribution >= 0.6 is 0 Å². The SMILES string of the molecule is CCNC(c1cn(C)cn1)c1cc(C)nn1CC. The van der Waals surface area contributed by atoms with E-state index in [0.29, 0.717) is 0 Å². The Hall–Kier alpha value is -1.62. The average molecular weight is 247 g/mol. The van der Waals surface area contributed by atoms with Crippen LogP contribution in [0.4, 0.5) is 0 Å². The molecule has 2 rings (SSSR count). The highest BCUT2D eigenvalue weighted by atomic mass is 15.3. The first-order valence-electron chi connectivity index (χ1n) is 6.41. The van der Waals surface area contributed by atoms with Crippen molar-refractivity contribution in [1.29, 1.82) is 0 Å². The van der Waals surface area contributed by atoms with Crippen molar-refractivity contribution >= 4 is 0 Å². The lowest BCUT2D eigenvalue weighted by Crippen LogP contribution is -2.25. The first kappa shape index (κ1) is 12.8. The highest BCUT2D eigenvalue weighted by molar-refractivity contribution is 5.22. The van der Waals surface area contributed by atoms with Crippen molar-refractivity contribution in [3.05, 3.63) is 35.7 Å². The number of rotatable bonds is 5. The minimum atomic E-state index is 0.109. The smallest absolute Gasteiger partial charge is 0.0947 e. The molecule has 2 heterocycles. The van der Waals surface area contributed by atoms with Gasteiger partial charge < -0.3 is 9.88 Å². The lowest BCUT2D eigenvalue weighted by Gasteiger charge is -2.16. The third kappa shape index (κ3) is 2.46. The van der Waals surface area contributed by atoms with Gasteiger partial charge in [-0.3, -0.25) is 4.68 Å². The molecule has 0 radical (unpaired) electrons. The van der Waals surface area contributed by atoms with Crippen LogP contribution in [0, 0.1) is 6.92 Å². The Kier molecular flexibility index (Phi) is 3.81. The molecule has 0 fully saturated rings. The molecule has 0 bridgehead atoms. The summed E-state index contributed by atoms with van der Waals surface area (Å²) in [5, 5.41) is 7.99. The molecule has 2 aromatic rings. The van der Waals surface area contributed by atoms with Crippen molar-refractivity contribution in [2.45, 2.75) is 33.4 Å². The van der Waals surface area contributed by atoms with E-state index in [2.05, 4.69) is 41.5 Å². The van der Waals surface area contributed by atoms with Crippen LogP contribution in [0.1, 0.15) is 37.0 Å². The minimum Gasteiger partial charge on any atom is -0.340 e. The van der Waals surface area contributed by atoms with Gasteiger partial charge in [0.25, 0.3) is 0 Å². The summed E-state index contributed by atoms with van der Waals surface area (Å²) in [6.45, 7) is 8.01. The molecule has 0 amide bonds. The second-order valence-corrected chi connectivity index (χ2v) is 4.48. The van der Waals surface area contributed by atoms with Crippen molar-refractivity contribution in [2.24, 2.45) is 7.05 Å². The molecule has 5 nitrogen and oxygen atoms in total. The fraction of sp³-hybridized carbons (Fsp3) is 0.538. The number of hydrogen-bond donors (Lipinski definition) is 1. The van der Waals surface area contributed by atoms with Crippen LogP contribution in [-0.4, -0.2) is 25.9 Å². The second-order valence-electron chi connectivity index (χ2n) is 4.48. The van der Waals surface area contributed by atoms with Crippen LogP contribution in [0.5, 0.6) is 0 Å². The number of aryl methyl sites for hydroxylation is 3. The van der Waals surface area contributed by atoms with Crippen LogP contribution in [-0.2, 0) is 13.6 Å². The summed E-state index contributed by atoms with van der Waals surface area (Å²) in [5.74, 6) is 0. The molecule has 5 heteroatoms. The fourth-order valence-electron chi connectivity index (χ4n) is 2.20. The molecule has 0 saturated carbocycles. The van der Waals surface area contributed by atoms with Crippen LogP contribution in [0.3, 0.4) is 0 Å². The number of hydrogen-bond acceptors (Lipinski definition) is 3. The number of nitrogens with one attached hydrogen (secondary N) is 1. The fourth-order valence-corrected chi connectivity index (χ4v) is 2.20. The Bertz CT molecular complexity index is 511. The van der Waals surface area contributed by atoms with Crippen molar-refractivity contribution < 1.29 is 0 Å². The van der Waals surface area contributed by atoms with E-state index in [0.717, 1.165) is 24.5 Å². The highest BCUT2D eigenvalue weighted by Gasteiger charge is 2.20. The molecule has 0 spiro atoms. The van der Waals surface area contributed by atoms with E-state index in [1.54, 1.807) is 0 Å². The van der Waals surface area contributed by atoms with Gasteiger partial charge in [-0.1, -0.05) is 6.92 Å². The van der Waals surface area contributed by atoms with Gasteiger partial charge in [0.2, 0.25) is 0 Å². The monoisotopic (exact) mass is 247 g/mol. The lowest BCUT2D eigenvalue weighted by atomic mass is 10.1. The summed E-state index contributed by atoms with van der Waals surface area (Å²) in [5.41, 5.74) is 3.26. The summed E-state index contributed by atoms with van der Waals surface area (Å²) in [6.07, 6.45) is 3.88. The molecule has 0 aliphatic carbocycles. The summed E-state index contributed by atoms with van der Waals surface area (Å²) < 4.78 is 4.01. The van der Waals surface area contributed by atoms with Gasteiger partial charge in [0.1, 0.15) is 0 Å². The predicted octanol–water partition coefficient (Wildman–Crippen LogP) is 1.64. The van der Waals surface area contributed by atoms with Gasteiger partial charge in [0.15, 0.2) is 0 Å². The van der Waals surface area contributed by atoms with E-state index >= 15 is 0 Å². The van der Waals surface area contributed by atoms with Gasteiger partial charge >= 0.3 is 0 Å². The van der Waals surface area contributed by atoms with Crippen LogP contribution in [0.15, 0.2) is 18.6 Å². The van der Waals surface area contributed by atoms with E-state index in [1.165, 1.54) is 5.69 Å². The summed E-state index contributed by atoms with van der Waals surface area (Å²) in [4.78, 5) is 4.46. The van der Waals surface area contributed by atoms with Crippen molar-refractivity contribution in [1.82, 2.24) is 24.6 Å². The Morgan fingerprint density at radius 2 is 2.17 bits per heavy atom. The molecule has 98 valence electrons. The first-order valence-corrected chi connectivity index (χ1v) is 6.41. The molecular weight excluding hydrogens is 226 g/mol. The molecule has 0 aromatic carbocycles. The minimum absolute atomic E-state index is 0.109. The highest BCUT2D eigenvalue weighted by Crippen LogP contribution is 2.21. The molecule has 1 N–H and O–H groups in total. The maximum Gasteiger partial charge on any atom is 0.0947 e. The molecule has 0 aliphatic rings. The zero-order chi connectivity index (χ0) is 13.1. The summed E-state index contributed by atoms with van der Waals surface area (Å²) >= 11 is 0. The predicted molar refractivity (Wildman–Crippen MR) is 71.4 cm³/mol. The second kappa shape index (κ2) is 5.35. The van der Waals surface area contributed by atoms with Crippen molar-refractivity contribution in [2.75, 3.05) is 6.54 Å². The Morgan fingerprint density at radius 3 is 2.72 bits per heavy atom. The maximum absolute atomic E-state index is 4.51. The Balaban J connectivity index is 2.40. The van der Waals surface area contributed by atoms with Gasteiger partial charge in [-0.2, -0.15) is 5.10 Å². The third-order valence-electron chi connectivity index (χ3n) is 2.96. The van der Waals surface area contributed by atoms with E-state index in [4.69, 9.17) is 0 Å². The van der Waals surface area contributed by atoms with Crippen LogP contribution in [0.2, 0.25) is 0 Å². The lowest BCUT2D eigenvalue weighted by molar-refractivity contribution is 0.534. The third-order valence-corrected chi connectivity index (χ3v) is 2.96. The Morgan fingerprint density at radius 1 is 1.39 bits per heavy atom. The molecule has 2 aromatic heterocycles. The van der Waals surface area contributed by atoms with E-state index < -0.39 is 0 Å².